The van der Waals surface area contributed by atoms with Gasteiger partial charge in [-0.2, -0.15) is 0 Å². The third kappa shape index (κ3) is 3.07. The molecule has 21 heavy (non-hydrogen) atoms. The van der Waals surface area contributed by atoms with Gasteiger partial charge in [-0.05, 0) is 36.2 Å². The number of hydrogen-bond acceptors (Lipinski definition) is 4. The van der Waals surface area contributed by atoms with Crippen LogP contribution in [0.3, 0.4) is 0 Å². The van der Waals surface area contributed by atoms with Gasteiger partial charge in [-0.1, -0.05) is 24.3 Å². The van der Waals surface area contributed by atoms with Crippen LogP contribution >= 0.6 is 0 Å². The van der Waals surface area contributed by atoms with E-state index in [-0.39, 0.29) is 11.1 Å². The summed E-state index contributed by atoms with van der Waals surface area (Å²) in [6, 6.07) is 14.4. The molecule has 0 radical (unpaired) electrons. The summed E-state index contributed by atoms with van der Waals surface area (Å²) in [5, 5.41) is 8.34. The van der Waals surface area contributed by atoms with Gasteiger partial charge in [0.2, 0.25) is 10.0 Å². The highest BCUT2D eigenvalue weighted by Crippen LogP contribution is 2.28. The number of hydrogen-bond donors (Lipinski definition) is 2. The predicted molar refractivity (Wildman–Crippen MR) is 80.3 cm³/mol. The van der Waals surface area contributed by atoms with Crippen LogP contribution in [-0.2, 0) is 21.2 Å². The molecule has 1 unspecified atom stereocenters. The number of benzene rings is 2. The van der Waals surface area contributed by atoms with E-state index in [1.807, 2.05) is 18.2 Å². The quantitative estimate of drug-likeness (QED) is 0.909. The van der Waals surface area contributed by atoms with Crippen LogP contribution in [0.4, 0.5) is 5.69 Å². The van der Waals surface area contributed by atoms with Crippen LogP contribution in [0.2, 0.25) is 0 Å². The molecule has 1 atom stereocenters. The summed E-state index contributed by atoms with van der Waals surface area (Å²) in [5.74, 6) is 0. The van der Waals surface area contributed by atoms with Crippen molar-refractivity contribution in [3.8, 4) is 0 Å². The van der Waals surface area contributed by atoms with E-state index in [1.54, 1.807) is 12.1 Å². The molecule has 0 aliphatic carbocycles. The van der Waals surface area contributed by atoms with Crippen molar-refractivity contribution in [1.29, 1.82) is 0 Å². The fourth-order valence-corrected chi connectivity index (χ4v) is 2.92. The van der Waals surface area contributed by atoms with Crippen LogP contribution in [0, 0.1) is 0 Å². The maximum atomic E-state index is 11.2. The summed E-state index contributed by atoms with van der Waals surface area (Å²) < 4.78 is 28.2. The Morgan fingerprint density at radius 1 is 1.10 bits per heavy atom. The first-order valence-corrected chi connectivity index (χ1v) is 8.17. The Hall–Kier alpha value is -1.89. The molecule has 0 saturated carbocycles. The van der Waals surface area contributed by atoms with Gasteiger partial charge in [0.25, 0.3) is 0 Å². The normalized spacial score (nSPS) is 18.0. The van der Waals surface area contributed by atoms with E-state index in [2.05, 4.69) is 11.4 Å². The Bertz CT molecular complexity index is 742. The third-order valence-corrected chi connectivity index (χ3v) is 4.40. The molecule has 2 aromatic carbocycles. The molecule has 0 saturated heterocycles. The number of nitrogens with two attached hydrogens (primary N) is 1. The van der Waals surface area contributed by atoms with Gasteiger partial charge < -0.3 is 10.1 Å². The number of ether oxygens (including phenoxy) is 1. The molecule has 110 valence electrons. The van der Waals surface area contributed by atoms with E-state index in [0.29, 0.717) is 6.61 Å². The number of nitrogens with one attached hydrogen (secondary N) is 1. The molecule has 1 aliphatic heterocycles. The van der Waals surface area contributed by atoms with Crippen LogP contribution in [0.5, 0.6) is 0 Å². The first kappa shape index (κ1) is 14.1. The van der Waals surface area contributed by atoms with Crippen molar-refractivity contribution in [2.75, 3.05) is 11.9 Å². The highest BCUT2D eigenvalue weighted by Gasteiger charge is 2.20. The fraction of sp³-hybridized carbons (Fsp3) is 0.200. The second kappa shape index (κ2) is 5.48. The number of fused-ring (bicyclic) bond motifs is 1. The van der Waals surface area contributed by atoms with Gasteiger partial charge in [-0.25, -0.2) is 13.6 Å². The standard InChI is InChI=1S/C15H16N2O3S/c16-21(18,19)13-7-5-12(6-8-13)17-15-14-4-2-1-3-11(14)9-10-20-15/h1-8,15,17H,9-10H2,(H2,16,18,19). The molecule has 0 fully saturated rings. The summed E-state index contributed by atoms with van der Waals surface area (Å²) in [5.41, 5.74) is 3.16. The SMILES string of the molecule is NS(=O)(=O)c1ccc(NC2OCCc3ccccc32)cc1. The van der Waals surface area contributed by atoms with Gasteiger partial charge in [0.15, 0.2) is 6.23 Å². The average molecular weight is 304 g/mol. The van der Waals surface area contributed by atoms with E-state index >= 15 is 0 Å². The molecule has 0 spiro atoms. The van der Waals surface area contributed by atoms with E-state index < -0.39 is 10.0 Å². The second-order valence-electron chi connectivity index (χ2n) is 4.91. The summed E-state index contributed by atoms with van der Waals surface area (Å²) >= 11 is 0. The maximum Gasteiger partial charge on any atom is 0.238 e. The van der Waals surface area contributed by atoms with E-state index in [9.17, 15) is 8.42 Å². The van der Waals surface area contributed by atoms with E-state index in [0.717, 1.165) is 17.7 Å². The lowest BCUT2D eigenvalue weighted by atomic mass is 10.0. The molecule has 5 nitrogen and oxygen atoms in total. The molecule has 1 aliphatic rings. The lowest BCUT2D eigenvalue weighted by Crippen LogP contribution is -2.22. The van der Waals surface area contributed by atoms with Crippen molar-refractivity contribution in [2.45, 2.75) is 17.5 Å². The molecular weight excluding hydrogens is 288 g/mol. The van der Waals surface area contributed by atoms with Crippen molar-refractivity contribution >= 4 is 15.7 Å². The predicted octanol–water partition coefficient (Wildman–Crippen LogP) is 2.02. The molecule has 3 N–H and O–H groups in total. The first-order valence-electron chi connectivity index (χ1n) is 6.63. The number of primary sulfonamides is 1. The topological polar surface area (TPSA) is 81.4 Å². The smallest absolute Gasteiger partial charge is 0.238 e. The van der Waals surface area contributed by atoms with Gasteiger partial charge >= 0.3 is 0 Å². The molecule has 2 aromatic rings. The first-order chi connectivity index (χ1) is 10.0. The van der Waals surface area contributed by atoms with Crippen molar-refractivity contribution in [1.82, 2.24) is 0 Å². The van der Waals surface area contributed by atoms with Crippen LogP contribution < -0.4 is 10.5 Å². The lowest BCUT2D eigenvalue weighted by Gasteiger charge is -2.27. The van der Waals surface area contributed by atoms with Gasteiger partial charge in [0.1, 0.15) is 0 Å². The lowest BCUT2D eigenvalue weighted by molar-refractivity contribution is 0.0618. The third-order valence-electron chi connectivity index (χ3n) is 3.47. The summed E-state index contributed by atoms with van der Waals surface area (Å²) in [6.45, 7) is 0.657. The van der Waals surface area contributed by atoms with Crippen LogP contribution in [0.1, 0.15) is 17.4 Å². The zero-order chi connectivity index (χ0) is 14.9. The number of anilines is 1. The number of rotatable bonds is 3. The van der Waals surface area contributed by atoms with Gasteiger partial charge in [0.05, 0.1) is 11.5 Å². The Kier molecular flexibility index (Phi) is 3.67. The Labute approximate surface area is 123 Å². The number of sulfonamides is 1. The van der Waals surface area contributed by atoms with Gasteiger partial charge in [-0.15, -0.1) is 0 Å². The Morgan fingerprint density at radius 3 is 2.52 bits per heavy atom. The molecule has 1 heterocycles. The van der Waals surface area contributed by atoms with Crippen molar-refractivity contribution in [3.05, 3.63) is 59.7 Å². The van der Waals surface area contributed by atoms with Crippen molar-refractivity contribution in [2.24, 2.45) is 5.14 Å². The van der Waals surface area contributed by atoms with E-state index in [1.165, 1.54) is 17.7 Å². The minimum atomic E-state index is -3.66. The van der Waals surface area contributed by atoms with Gasteiger partial charge in [-0.3, -0.25) is 0 Å². The Morgan fingerprint density at radius 2 is 1.81 bits per heavy atom. The van der Waals surface area contributed by atoms with Crippen LogP contribution in [-0.4, -0.2) is 15.0 Å². The average Bonchev–Trinajstić information content (AvgIpc) is 2.47. The highest BCUT2D eigenvalue weighted by molar-refractivity contribution is 7.89. The van der Waals surface area contributed by atoms with E-state index in [4.69, 9.17) is 9.88 Å². The molecule has 0 aromatic heterocycles. The zero-order valence-corrected chi connectivity index (χ0v) is 12.1. The highest BCUT2D eigenvalue weighted by atomic mass is 32.2. The monoisotopic (exact) mass is 304 g/mol. The zero-order valence-electron chi connectivity index (χ0n) is 11.3. The summed E-state index contributed by atoms with van der Waals surface area (Å²) in [4.78, 5) is 0.0954. The summed E-state index contributed by atoms with van der Waals surface area (Å²) in [6.07, 6.45) is 0.675. The van der Waals surface area contributed by atoms with Crippen LogP contribution in [0.25, 0.3) is 0 Å². The molecule has 6 heteroatoms. The molecular formula is C15H16N2O3S. The summed E-state index contributed by atoms with van der Waals surface area (Å²) in [7, 11) is -3.66. The molecule has 0 amide bonds. The Balaban J connectivity index is 1.82. The van der Waals surface area contributed by atoms with Crippen molar-refractivity contribution in [3.63, 3.8) is 0 Å². The van der Waals surface area contributed by atoms with Crippen LogP contribution in [0.15, 0.2) is 53.4 Å². The van der Waals surface area contributed by atoms with Crippen molar-refractivity contribution < 1.29 is 13.2 Å². The maximum absolute atomic E-state index is 11.2. The molecule has 0 bridgehead atoms. The second-order valence-corrected chi connectivity index (χ2v) is 6.47. The minimum Gasteiger partial charge on any atom is -0.356 e. The largest absolute Gasteiger partial charge is 0.356 e. The fourth-order valence-electron chi connectivity index (χ4n) is 2.41. The minimum absolute atomic E-state index is 0.0954. The molecule has 3 rings (SSSR count). The van der Waals surface area contributed by atoms with Gasteiger partial charge in [0, 0.05) is 11.3 Å².